The summed E-state index contributed by atoms with van der Waals surface area (Å²) >= 11 is 1.79. The summed E-state index contributed by atoms with van der Waals surface area (Å²) in [4.78, 5) is 3.77. The van der Waals surface area contributed by atoms with Gasteiger partial charge in [-0.05, 0) is 90.1 Å². The van der Waals surface area contributed by atoms with Crippen molar-refractivity contribution in [3.05, 3.63) is 99.9 Å². The number of rotatable bonds is 10. The molecule has 5 rings (SSSR count). The molecule has 2 N–H and O–H groups in total. The molecular formula is C33H38N2OS. The molecule has 1 aliphatic heterocycles. The Morgan fingerprint density at radius 1 is 1.05 bits per heavy atom. The quantitative estimate of drug-likeness (QED) is 0.174. The van der Waals surface area contributed by atoms with Crippen molar-refractivity contribution in [2.75, 3.05) is 32.0 Å². The van der Waals surface area contributed by atoms with Crippen LogP contribution in [0, 0.1) is 19.8 Å². The van der Waals surface area contributed by atoms with E-state index in [0.29, 0.717) is 0 Å². The van der Waals surface area contributed by atoms with Crippen LogP contribution in [0.25, 0.3) is 15.7 Å². The third-order valence-electron chi connectivity index (χ3n) is 7.60. The van der Waals surface area contributed by atoms with Gasteiger partial charge in [-0.25, -0.2) is 0 Å². The molecule has 192 valence electrons. The van der Waals surface area contributed by atoms with Crippen LogP contribution in [0.1, 0.15) is 52.5 Å². The van der Waals surface area contributed by atoms with Gasteiger partial charge in [0.25, 0.3) is 0 Å². The topological polar surface area (TPSA) is 38.5 Å². The third kappa shape index (κ3) is 5.76. The predicted octanol–water partition coefficient (Wildman–Crippen LogP) is 7.86. The largest absolute Gasteiger partial charge is 0.494 e. The van der Waals surface area contributed by atoms with Crippen LogP contribution in [0.3, 0.4) is 0 Å². The number of benzene rings is 3. The molecule has 0 radical (unpaired) electrons. The van der Waals surface area contributed by atoms with Crippen molar-refractivity contribution in [2.24, 2.45) is 5.92 Å². The number of hydrogen-bond acceptors (Lipinski definition) is 4. The summed E-state index contributed by atoms with van der Waals surface area (Å²) in [6.07, 6.45) is 3.22. The summed E-state index contributed by atoms with van der Waals surface area (Å²) in [5.41, 5.74) is 14.3. The Labute approximate surface area is 225 Å². The zero-order chi connectivity index (χ0) is 25.9. The van der Waals surface area contributed by atoms with Gasteiger partial charge in [-0.15, -0.1) is 11.3 Å². The molecule has 1 fully saturated rings. The maximum absolute atomic E-state index is 6.14. The smallest absolute Gasteiger partial charge is 0.119 e. The Balaban J connectivity index is 1.30. The van der Waals surface area contributed by atoms with Gasteiger partial charge in [0.15, 0.2) is 0 Å². The van der Waals surface area contributed by atoms with Gasteiger partial charge in [-0.1, -0.05) is 61.9 Å². The summed E-state index contributed by atoms with van der Waals surface area (Å²) in [5, 5.41) is 1.26. The molecule has 4 heteroatoms. The van der Waals surface area contributed by atoms with Gasteiger partial charge in [0.2, 0.25) is 0 Å². The number of aryl methyl sites for hydroxylation is 2. The van der Waals surface area contributed by atoms with Crippen LogP contribution in [-0.2, 0) is 6.42 Å². The van der Waals surface area contributed by atoms with Crippen LogP contribution in [0.2, 0.25) is 0 Å². The molecule has 0 spiro atoms. The summed E-state index contributed by atoms with van der Waals surface area (Å²) in [5.74, 6) is 1.85. The molecule has 3 aromatic carbocycles. The number of thiophene rings is 1. The van der Waals surface area contributed by atoms with Crippen molar-refractivity contribution >= 4 is 32.7 Å². The lowest BCUT2D eigenvalue weighted by molar-refractivity contribution is 0.0909. The van der Waals surface area contributed by atoms with Crippen LogP contribution in [0.15, 0.2) is 67.2 Å². The monoisotopic (exact) mass is 510 g/mol. The second-order valence-corrected chi connectivity index (χ2v) is 11.6. The number of likely N-dealkylation sites (tertiary alicyclic amines) is 1. The number of nitrogens with two attached hydrogens (primary N) is 1. The maximum atomic E-state index is 6.14. The average Bonchev–Trinajstić information content (AvgIpc) is 3.20. The minimum atomic E-state index is 0.767. The number of anilines is 1. The third-order valence-corrected chi connectivity index (χ3v) is 8.85. The van der Waals surface area contributed by atoms with Crippen LogP contribution in [0.4, 0.5) is 5.69 Å². The lowest BCUT2D eigenvalue weighted by Gasteiger charge is -2.38. The fraction of sp³-hybridized carbons (Fsp3) is 0.333. The van der Waals surface area contributed by atoms with Crippen molar-refractivity contribution in [2.45, 2.75) is 40.0 Å². The molecule has 2 heterocycles. The fourth-order valence-electron chi connectivity index (χ4n) is 5.36. The Morgan fingerprint density at radius 2 is 1.84 bits per heavy atom. The first kappa shape index (κ1) is 25.6. The van der Waals surface area contributed by atoms with Crippen molar-refractivity contribution < 1.29 is 4.74 Å². The number of nitrogens with zero attached hydrogens (tertiary/aromatic N) is 1. The Hall–Kier alpha value is -3.08. The van der Waals surface area contributed by atoms with E-state index in [0.717, 1.165) is 48.9 Å². The highest BCUT2D eigenvalue weighted by Crippen LogP contribution is 2.40. The molecular weight excluding hydrogens is 472 g/mol. The van der Waals surface area contributed by atoms with Gasteiger partial charge < -0.3 is 15.4 Å². The molecule has 1 aliphatic rings. The van der Waals surface area contributed by atoms with E-state index in [1.54, 1.807) is 11.3 Å². The lowest BCUT2D eigenvalue weighted by atomic mass is 9.94. The van der Waals surface area contributed by atoms with Crippen molar-refractivity contribution in [3.8, 4) is 5.75 Å². The molecule has 0 bridgehead atoms. The Morgan fingerprint density at radius 3 is 2.57 bits per heavy atom. The number of nitrogen functional groups attached to an aromatic ring is 1. The minimum absolute atomic E-state index is 0.767. The second-order valence-electron chi connectivity index (χ2n) is 10.5. The van der Waals surface area contributed by atoms with Crippen LogP contribution in [-0.4, -0.2) is 31.1 Å². The van der Waals surface area contributed by atoms with E-state index in [9.17, 15) is 0 Å². The van der Waals surface area contributed by atoms with Crippen LogP contribution >= 0.6 is 11.3 Å². The standard InChI is InChI=1S/C33H38N2OS/c1-5-25-20-35(21-25)15-6-16-36-28-11-8-26(9-12-28)18-31-30-14-10-27(34)19-32(30)37-33(31)24(4)29-13-7-22(2)17-23(29)3/h7-14,17,19,25H,4-6,15-16,18,20-21,34H2,1-3H3. The van der Waals surface area contributed by atoms with Crippen LogP contribution < -0.4 is 10.5 Å². The van der Waals surface area contributed by atoms with Gasteiger partial charge in [0, 0.05) is 34.9 Å². The van der Waals surface area contributed by atoms with Gasteiger partial charge in [-0.2, -0.15) is 0 Å². The summed E-state index contributed by atoms with van der Waals surface area (Å²) in [7, 11) is 0. The van der Waals surface area contributed by atoms with E-state index < -0.39 is 0 Å². The van der Waals surface area contributed by atoms with E-state index in [-0.39, 0.29) is 0 Å². The zero-order valence-corrected chi connectivity index (χ0v) is 23.2. The molecule has 0 atom stereocenters. The normalized spacial score (nSPS) is 14.1. The molecule has 3 nitrogen and oxygen atoms in total. The van der Waals surface area contributed by atoms with Crippen molar-refractivity contribution in [1.29, 1.82) is 0 Å². The number of hydrogen-bond donors (Lipinski definition) is 1. The molecule has 1 saturated heterocycles. The first-order valence-corrected chi connectivity index (χ1v) is 14.2. The Kier molecular flexibility index (Phi) is 7.68. The van der Waals surface area contributed by atoms with E-state index >= 15 is 0 Å². The summed E-state index contributed by atoms with van der Waals surface area (Å²) in [6, 6.07) is 21.5. The predicted molar refractivity (Wildman–Crippen MR) is 160 cm³/mol. The van der Waals surface area contributed by atoms with E-state index in [4.69, 9.17) is 10.5 Å². The van der Waals surface area contributed by atoms with Crippen molar-refractivity contribution in [1.82, 2.24) is 4.90 Å². The second kappa shape index (κ2) is 11.1. The number of fused-ring (bicyclic) bond motifs is 1. The fourth-order valence-corrected chi connectivity index (χ4v) is 6.62. The van der Waals surface area contributed by atoms with Gasteiger partial charge in [-0.3, -0.25) is 0 Å². The molecule has 0 saturated carbocycles. The first-order chi connectivity index (χ1) is 17.9. The summed E-state index contributed by atoms with van der Waals surface area (Å²) in [6.45, 7) is 15.6. The van der Waals surface area contributed by atoms with Gasteiger partial charge >= 0.3 is 0 Å². The highest BCUT2D eigenvalue weighted by atomic mass is 32.1. The number of ether oxygens (including phenoxy) is 1. The van der Waals surface area contributed by atoms with Crippen molar-refractivity contribution in [3.63, 3.8) is 0 Å². The highest BCUT2D eigenvalue weighted by Gasteiger charge is 2.24. The minimum Gasteiger partial charge on any atom is -0.494 e. The SMILES string of the molecule is C=C(c1ccc(C)cc1C)c1sc2cc(N)ccc2c1Cc1ccc(OCCCN2CC(CC)C2)cc1. The molecule has 0 aliphatic carbocycles. The van der Waals surface area contributed by atoms with Gasteiger partial charge in [0.05, 0.1) is 6.61 Å². The average molecular weight is 511 g/mol. The maximum Gasteiger partial charge on any atom is 0.119 e. The first-order valence-electron chi connectivity index (χ1n) is 13.4. The lowest BCUT2D eigenvalue weighted by Crippen LogP contribution is -2.46. The molecule has 1 aromatic heterocycles. The zero-order valence-electron chi connectivity index (χ0n) is 22.3. The summed E-state index contributed by atoms with van der Waals surface area (Å²) < 4.78 is 7.25. The van der Waals surface area contributed by atoms with Gasteiger partial charge in [0.1, 0.15) is 5.75 Å². The highest BCUT2D eigenvalue weighted by molar-refractivity contribution is 7.20. The van der Waals surface area contributed by atoms with E-state index in [1.165, 1.54) is 62.3 Å². The molecule has 4 aromatic rings. The van der Waals surface area contributed by atoms with Crippen LogP contribution in [0.5, 0.6) is 5.75 Å². The van der Waals surface area contributed by atoms with E-state index in [1.807, 2.05) is 6.07 Å². The molecule has 0 unspecified atom stereocenters. The molecule has 37 heavy (non-hydrogen) atoms. The molecule has 0 amide bonds. The Bertz CT molecular complexity index is 1400. The van der Waals surface area contributed by atoms with E-state index in [2.05, 4.69) is 86.8 Å².